The Hall–Kier alpha value is -2.88. The zero-order chi connectivity index (χ0) is 25.2. The van der Waals surface area contributed by atoms with Crippen molar-refractivity contribution in [1.29, 1.82) is 0 Å². The number of ether oxygens (including phenoxy) is 1. The molecule has 1 aliphatic carbocycles. The van der Waals surface area contributed by atoms with Gasteiger partial charge >= 0.3 is 0 Å². The van der Waals surface area contributed by atoms with Crippen molar-refractivity contribution in [3.63, 3.8) is 0 Å². The summed E-state index contributed by atoms with van der Waals surface area (Å²) in [5.41, 5.74) is 2.34. The van der Waals surface area contributed by atoms with Gasteiger partial charge < -0.3 is 15.0 Å². The van der Waals surface area contributed by atoms with Gasteiger partial charge in [0.1, 0.15) is 23.4 Å². The van der Waals surface area contributed by atoms with Gasteiger partial charge in [0.2, 0.25) is 5.91 Å². The first-order chi connectivity index (χ1) is 16.6. The van der Waals surface area contributed by atoms with Crippen LogP contribution in [0, 0.1) is 0 Å². The van der Waals surface area contributed by atoms with Gasteiger partial charge in [-0.25, -0.2) is 18.7 Å². The first kappa shape index (κ1) is 25.2. The standard InChI is InChI=1S/C25H34F2N6O2/c1-25(2,3)31-22(34)15-32(4)24-18-6-5-7-19(18)29-23(30-24)20-12-16(8-10-28-20)35-17-9-11-33(13-17)14-21(26)27/h8,10,12,17,21H,5-7,9,11,13-15H2,1-4H3,(H,31,34)/t17-/m1/s1. The predicted molar refractivity (Wildman–Crippen MR) is 130 cm³/mol. The molecule has 1 saturated heterocycles. The number of hydrogen-bond donors (Lipinski definition) is 1. The molecule has 1 N–H and O–H groups in total. The Balaban J connectivity index is 1.52. The second kappa shape index (κ2) is 10.4. The van der Waals surface area contributed by atoms with E-state index in [2.05, 4.69) is 10.3 Å². The lowest BCUT2D eigenvalue weighted by Gasteiger charge is -2.25. The van der Waals surface area contributed by atoms with Gasteiger partial charge in [-0.1, -0.05) is 0 Å². The van der Waals surface area contributed by atoms with Crippen LogP contribution in [0.15, 0.2) is 18.3 Å². The lowest BCUT2D eigenvalue weighted by atomic mass is 10.1. The summed E-state index contributed by atoms with van der Waals surface area (Å²) in [5, 5.41) is 2.99. The van der Waals surface area contributed by atoms with Gasteiger partial charge in [-0.15, -0.1) is 0 Å². The minimum atomic E-state index is -2.34. The lowest BCUT2D eigenvalue weighted by molar-refractivity contribution is -0.121. The Morgan fingerprint density at radius 1 is 1.31 bits per heavy atom. The highest BCUT2D eigenvalue weighted by Crippen LogP contribution is 2.31. The first-order valence-corrected chi connectivity index (χ1v) is 12.1. The van der Waals surface area contributed by atoms with Crippen LogP contribution in [0.1, 0.15) is 44.9 Å². The highest BCUT2D eigenvalue weighted by Gasteiger charge is 2.27. The third-order valence-corrected chi connectivity index (χ3v) is 6.06. The molecular weight excluding hydrogens is 454 g/mol. The monoisotopic (exact) mass is 488 g/mol. The number of amides is 1. The number of alkyl halides is 2. The SMILES string of the molecule is CN(CC(=O)NC(C)(C)C)c1nc(-c2cc(O[C@@H]3CCN(CC(F)F)C3)ccn2)nc2c1CCC2. The van der Waals surface area contributed by atoms with Crippen molar-refractivity contribution in [3.05, 3.63) is 29.6 Å². The molecule has 1 amide bonds. The highest BCUT2D eigenvalue weighted by molar-refractivity contribution is 5.82. The number of hydrogen-bond acceptors (Lipinski definition) is 7. The molecule has 10 heteroatoms. The second-order valence-corrected chi connectivity index (χ2v) is 10.4. The van der Waals surface area contributed by atoms with Crippen LogP contribution in [-0.4, -0.2) is 77.1 Å². The Bertz CT molecular complexity index is 1060. The summed E-state index contributed by atoms with van der Waals surface area (Å²) < 4.78 is 31.4. The number of aryl methyl sites for hydroxylation is 1. The highest BCUT2D eigenvalue weighted by atomic mass is 19.3. The summed E-state index contributed by atoms with van der Waals surface area (Å²) in [6.45, 7) is 6.89. The van der Waals surface area contributed by atoms with E-state index in [1.165, 1.54) is 0 Å². The minimum absolute atomic E-state index is 0.0714. The molecule has 0 bridgehead atoms. The fourth-order valence-corrected chi connectivity index (χ4v) is 4.64. The average Bonchev–Trinajstić information content (AvgIpc) is 3.40. The van der Waals surface area contributed by atoms with Crippen LogP contribution in [0.3, 0.4) is 0 Å². The third-order valence-electron chi connectivity index (χ3n) is 6.06. The van der Waals surface area contributed by atoms with Gasteiger partial charge in [-0.3, -0.25) is 14.7 Å². The van der Waals surface area contributed by atoms with Crippen LogP contribution in [0.25, 0.3) is 11.5 Å². The number of likely N-dealkylation sites (tertiary alicyclic amines) is 1. The molecule has 2 aliphatic rings. The maximum absolute atomic E-state index is 12.7. The summed E-state index contributed by atoms with van der Waals surface area (Å²) in [5.74, 6) is 1.78. The zero-order valence-corrected chi connectivity index (χ0v) is 20.9. The number of rotatable bonds is 8. The van der Waals surface area contributed by atoms with Gasteiger partial charge in [0.25, 0.3) is 6.43 Å². The number of anilines is 1. The Morgan fingerprint density at radius 2 is 2.11 bits per heavy atom. The van der Waals surface area contributed by atoms with Crippen LogP contribution in [0.4, 0.5) is 14.6 Å². The van der Waals surface area contributed by atoms with Gasteiger partial charge in [0, 0.05) is 49.2 Å². The van der Waals surface area contributed by atoms with E-state index in [1.54, 1.807) is 23.2 Å². The molecule has 2 aromatic heterocycles. The number of pyridine rings is 1. The van der Waals surface area contributed by atoms with E-state index in [0.717, 1.165) is 36.3 Å². The summed E-state index contributed by atoms with van der Waals surface area (Å²) in [6.07, 6.45) is 2.59. The number of likely N-dealkylation sites (N-methyl/N-ethyl adjacent to an activating group) is 1. The molecular formula is C25H34F2N6O2. The van der Waals surface area contributed by atoms with Gasteiger partial charge in [-0.2, -0.15) is 0 Å². The Labute approximate surface area is 205 Å². The molecule has 1 aliphatic heterocycles. The van der Waals surface area contributed by atoms with Gasteiger partial charge in [-0.05, 0) is 52.5 Å². The van der Waals surface area contributed by atoms with Crippen molar-refractivity contribution in [2.75, 3.05) is 38.1 Å². The number of nitrogens with zero attached hydrogens (tertiary/aromatic N) is 5. The fourth-order valence-electron chi connectivity index (χ4n) is 4.64. The van der Waals surface area contributed by atoms with Crippen LogP contribution in [0.5, 0.6) is 5.75 Å². The van der Waals surface area contributed by atoms with Gasteiger partial charge in [0.05, 0.1) is 13.1 Å². The molecule has 0 radical (unpaired) electrons. The molecule has 190 valence electrons. The fraction of sp³-hybridized carbons (Fsp3) is 0.600. The van der Waals surface area contributed by atoms with Gasteiger partial charge in [0.15, 0.2) is 5.82 Å². The Morgan fingerprint density at radius 3 is 2.86 bits per heavy atom. The number of nitrogens with one attached hydrogen (secondary N) is 1. The number of aromatic nitrogens is 3. The third kappa shape index (κ3) is 6.62. The first-order valence-electron chi connectivity index (χ1n) is 12.1. The molecule has 0 unspecified atom stereocenters. The quantitative estimate of drug-likeness (QED) is 0.611. The predicted octanol–water partition coefficient (Wildman–Crippen LogP) is 3.10. The molecule has 1 atom stereocenters. The summed E-state index contributed by atoms with van der Waals surface area (Å²) >= 11 is 0. The minimum Gasteiger partial charge on any atom is -0.489 e. The van der Waals surface area contributed by atoms with E-state index >= 15 is 0 Å². The maximum atomic E-state index is 12.7. The van der Waals surface area contributed by atoms with E-state index < -0.39 is 6.43 Å². The summed E-state index contributed by atoms with van der Waals surface area (Å²) in [4.78, 5) is 30.2. The lowest BCUT2D eigenvalue weighted by Crippen LogP contribution is -2.45. The molecule has 0 saturated carbocycles. The zero-order valence-electron chi connectivity index (χ0n) is 20.9. The molecule has 0 spiro atoms. The van der Waals surface area contributed by atoms with Crippen LogP contribution >= 0.6 is 0 Å². The van der Waals surface area contributed by atoms with Crippen molar-refractivity contribution in [2.45, 2.75) is 64.5 Å². The molecule has 0 aromatic carbocycles. The molecule has 4 rings (SSSR count). The summed E-state index contributed by atoms with van der Waals surface area (Å²) in [6, 6.07) is 3.55. The van der Waals surface area contributed by atoms with Crippen molar-refractivity contribution in [2.24, 2.45) is 0 Å². The van der Waals surface area contributed by atoms with Crippen molar-refractivity contribution < 1.29 is 18.3 Å². The molecule has 2 aromatic rings. The second-order valence-electron chi connectivity index (χ2n) is 10.4. The molecule has 35 heavy (non-hydrogen) atoms. The van der Waals surface area contributed by atoms with E-state index in [1.807, 2.05) is 32.7 Å². The van der Waals surface area contributed by atoms with Crippen molar-refractivity contribution in [1.82, 2.24) is 25.2 Å². The van der Waals surface area contributed by atoms with Crippen LogP contribution < -0.4 is 15.0 Å². The van der Waals surface area contributed by atoms with Crippen LogP contribution in [0.2, 0.25) is 0 Å². The molecule has 3 heterocycles. The number of carbonyl (C=O) groups excluding carboxylic acids is 1. The van der Waals surface area contributed by atoms with E-state index in [9.17, 15) is 13.6 Å². The van der Waals surface area contributed by atoms with Crippen molar-refractivity contribution in [3.8, 4) is 17.3 Å². The van der Waals surface area contributed by atoms with E-state index in [0.29, 0.717) is 36.8 Å². The number of carbonyl (C=O) groups is 1. The van der Waals surface area contributed by atoms with E-state index in [4.69, 9.17) is 14.7 Å². The number of fused-ring (bicyclic) bond motifs is 1. The average molecular weight is 489 g/mol. The van der Waals surface area contributed by atoms with Crippen molar-refractivity contribution >= 4 is 11.7 Å². The van der Waals surface area contributed by atoms with Crippen LogP contribution in [-0.2, 0) is 17.6 Å². The largest absolute Gasteiger partial charge is 0.489 e. The smallest absolute Gasteiger partial charge is 0.251 e. The normalized spacial score (nSPS) is 18.1. The maximum Gasteiger partial charge on any atom is 0.251 e. The Kier molecular flexibility index (Phi) is 7.49. The number of halogens is 2. The molecule has 1 fully saturated rings. The van der Waals surface area contributed by atoms with E-state index in [-0.39, 0.29) is 30.6 Å². The summed E-state index contributed by atoms with van der Waals surface area (Å²) in [7, 11) is 1.87. The molecule has 8 nitrogen and oxygen atoms in total. The topological polar surface area (TPSA) is 83.5 Å².